The van der Waals surface area contributed by atoms with E-state index in [1.807, 2.05) is 36.1 Å². The molecular formula is C20H24F3N3O2. The van der Waals surface area contributed by atoms with E-state index in [0.717, 1.165) is 23.6 Å². The molecule has 1 atom stereocenters. The van der Waals surface area contributed by atoms with E-state index in [9.17, 15) is 18.3 Å². The average molecular weight is 395 g/mol. The molecule has 0 spiro atoms. The van der Waals surface area contributed by atoms with Crippen LogP contribution in [0.1, 0.15) is 11.1 Å². The summed E-state index contributed by atoms with van der Waals surface area (Å²) in [5, 5.41) is 10.2. The van der Waals surface area contributed by atoms with Crippen molar-refractivity contribution in [2.45, 2.75) is 19.2 Å². The molecule has 2 heterocycles. The van der Waals surface area contributed by atoms with Crippen LogP contribution in [0.25, 0.3) is 0 Å². The Kier molecular flexibility index (Phi) is 6.41. The summed E-state index contributed by atoms with van der Waals surface area (Å²) in [7, 11) is 0. The number of halogens is 3. The maximum atomic E-state index is 12.6. The molecular weight excluding hydrogens is 371 g/mol. The number of hydrogen-bond acceptors (Lipinski definition) is 5. The summed E-state index contributed by atoms with van der Waals surface area (Å²) in [6.45, 7) is 5.38. The second kappa shape index (κ2) is 8.79. The number of aliphatic hydroxyl groups is 1. The fraction of sp³-hybridized carbons (Fsp3) is 0.450. The van der Waals surface area contributed by atoms with Crippen molar-refractivity contribution in [3.63, 3.8) is 0 Å². The highest BCUT2D eigenvalue weighted by atomic mass is 19.4. The van der Waals surface area contributed by atoms with Gasteiger partial charge in [0.25, 0.3) is 0 Å². The van der Waals surface area contributed by atoms with Crippen LogP contribution >= 0.6 is 0 Å². The fourth-order valence-electron chi connectivity index (χ4n) is 3.08. The van der Waals surface area contributed by atoms with E-state index in [0.29, 0.717) is 38.5 Å². The van der Waals surface area contributed by atoms with Crippen LogP contribution in [0.4, 0.5) is 19.0 Å². The van der Waals surface area contributed by atoms with Crippen molar-refractivity contribution in [3.8, 4) is 5.75 Å². The molecule has 3 rings (SSSR count). The Morgan fingerprint density at radius 3 is 2.32 bits per heavy atom. The number of benzene rings is 1. The molecule has 1 aromatic carbocycles. The Morgan fingerprint density at radius 1 is 1.07 bits per heavy atom. The summed E-state index contributed by atoms with van der Waals surface area (Å²) in [5.41, 5.74) is 0.403. The Bertz CT molecular complexity index is 743. The highest BCUT2D eigenvalue weighted by Gasteiger charge is 2.31. The van der Waals surface area contributed by atoms with Crippen LogP contribution in [0.3, 0.4) is 0 Å². The first-order chi connectivity index (χ1) is 13.3. The van der Waals surface area contributed by atoms with Gasteiger partial charge in [0.15, 0.2) is 0 Å². The largest absolute Gasteiger partial charge is 0.491 e. The SMILES string of the molecule is Cc1ccc(OC[C@@H](O)CN2CCN(c3ccc(C(F)(F)F)cn3)CC2)cc1. The van der Waals surface area contributed by atoms with E-state index in [4.69, 9.17) is 4.74 Å². The van der Waals surface area contributed by atoms with Gasteiger partial charge < -0.3 is 14.7 Å². The zero-order chi connectivity index (χ0) is 20.1. The van der Waals surface area contributed by atoms with Crippen molar-refractivity contribution in [2.24, 2.45) is 0 Å². The molecule has 5 nitrogen and oxygen atoms in total. The molecule has 0 bridgehead atoms. The third-order valence-electron chi connectivity index (χ3n) is 4.70. The highest BCUT2D eigenvalue weighted by Crippen LogP contribution is 2.29. The summed E-state index contributed by atoms with van der Waals surface area (Å²) < 4.78 is 43.5. The number of nitrogens with zero attached hydrogens (tertiary/aromatic N) is 3. The van der Waals surface area contributed by atoms with Gasteiger partial charge in [-0.1, -0.05) is 17.7 Å². The van der Waals surface area contributed by atoms with E-state index in [1.54, 1.807) is 0 Å². The zero-order valence-corrected chi connectivity index (χ0v) is 15.7. The first-order valence-electron chi connectivity index (χ1n) is 9.19. The van der Waals surface area contributed by atoms with E-state index >= 15 is 0 Å². The fourth-order valence-corrected chi connectivity index (χ4v) is 3.08. The van der Waals surface area contributed by atoms with Crippen LogP contribution in [-0.4, -0.2) is 60.4 Å². The Balaban J connectivity index is 1.42. The van der Waals surface area contributed by atoms with Crippen LogP contribution < -0.4 is 9.64 Å². The molecule has 28 heavy (non-hydrogen) atoms. The maximum absolute atomic E-state index is 12.6. The molecule has 0 saturated carbocycles. The van der Waals surface area contributed by atoms with Gasteiger partial charge in [0, 0.05) is 38.9 Å². The number of pyridine rings is 1. The van der Waals surface area contributed by atoms with E-state index in [1.165, 1.54) is 6.07 Å². The lowest BCUT2D eigenvalue weighted by Gasteiger charge is -2.36. The molecule has 1 fully saturated rings. The second-order valence-electron chi connectivity index (χ2n) is 6.97. The standard InChI is InChI=1S/C20H24F3N3O2/c1-15-2-5-18(6-3-15)28-14-17(27)13-25-8-10-26(11-9-25)19-7-4-16(12-24-19)20(21,22)23/h2-7,12,17,27H,8-11,13-14H2,1H3/t17-/m0/s1. The Hall–Kier alpha value is -2.32. The van der Waals surface area contributed by atoms with Gasteiger partial charge in [-0.15, -0.1) is 0 Å². The summed E-state index contributed by atoms with van der Waals surface area (Å²) >= 11 is 0. The molecule has 1 aromatic heterocycles. The van der Waals surface area contributed by atoms with Crippen LogP contribution in [0, 0.1) is 6.92 Å². The van der Waals surface area contributed by atoms with E-state index in [-0.39, 0.29) is 6.61 Å². The van der Waals surface area contributed by atoms with Crippen molar-refractivity contribution < 1.29 is 23.0 Å². The van der Waals surface area contributed by atoms with Gasteiger partial charge in [-0.2, -0.15) is 13.2 Å². The second-order valence-corrected chi connectivity index (χ2v) is 6.97. The normalized spacial score (nSPS) is 16.8. The molecule has 1 saturated heterocycles. The number of aromatic nitrogens is 1. The van der Waals surface area contributed by atoms with E-state index < -0.39 is 17.8 Å². The quantitative estimate of drug-likeness (QED) is 0.815. The molecule has 0 unspecified atom stereocenters. The number of alkyl halides is 3. The van der Waals surface area contributed by atoms with Gasteiger partial charge in [0.1, 0.15) is 24.3 Å². The van der Waals surface area contributed by atoms with Crippen LogP contribution in [0.2, 0.25) is 0 Å². The van der Waals surface area contributed by atoms with Crippen molar-refractivity contribution in [1.29, 1.82) is 0 Å². The van der Waals surface area contributed by atoms with Crippen LogP contribution in [-0.2, 0) is 6.18 Å². The van der Waals surface area contributed by atoms with E-state index in [2.05, 4.69) is 9.88 Å². The number of ether oxygens (including phenoxy) is 1. The number of piperazine rings is 1. The summed E-state index contributed by atoms with van der Waals surface area (Å²) in [4.78, 5) is 8.01. The van der Waals surface area contributed by atoms with Gasteiger partial charge in [-0.25, -0.2) is 4.98 Å². The predicted molar refractivity (Wildman–Crippen MR) is 101 cm³/mol. The van der Waals surface area contributed by atoms with Crippen molar-refractivity contribution in [3.05, 3.63) is 53.7 Å². The van der Waals surface area contributed by atoms with Crippen LogP contribution in [0.15, 0.2) is 42.6 Å². The highest BCUT2D eigenvalue weighted by molar-refractivity contribution is 5.40. The molecule has 0 aliphatic carbocycles. The van der Waals surface area contributed by atoms with Gasteiger partial charge >= 0.3 is 6.18 Å². The lowest BCUT2D eigenvalue weighted by atomic mass is 10.2. The molecule has 0 radical (unpaired) electrons. The molecule has 0 amide bonds. The van der Waals surface area contributed by atoms with Crippen molar-refractivity contribution in [1.82, 2.24) is 9.88 Å². The minimum Gasteiger partial charge on any atom is -0.491 e. The zero-order valence-electron chi connectivity index (χ0n) is 15.7. The van der Waals surface area contributed by atoms with Gasteiger partial charge in [-0.05, 0) is 31.2 Å². The van der Waals surface area contributed by atoms with Crippen LogP contribution in [0.5, 0.6) is 5.75 Å². The number of aliphatic hydroxyl groups excluding tert-OH is 1. The summed E-state index contributed by atoms with van der Waals surface area (Å²) in [6.07, 6.45) is -4.12. The molecule has 1 aliphatic rings. The smallest absolute Gasteiger partial charge is 0.417 e. The monoisotopic (exact) mass is 395 g/mol. The molecule has 1 N–H and O–H groups in total. The first kappa shape index (κ1) is 20.4. The van der Waals surface area contributed by atoms with Crippen molar-refractivity contribution in [2.75, 3.05) is 44.2 Å². The average Bonchev–Trinajstić information content (AvgIpc) is 2.68. The minimum atomic E-state index is -4.37. The van der Waals surface area contributed by atoms with Gasteiger partial charge in [0.2, 0.25) is 0 Å². The van der Waals surface area contributed by atoms with Crippen molar-refractivity contribution >= 4 is 5.82 Å². The number of hydrogen-bond donors (Lipinski definition) is 1. The minimum absolute atomic E-state index is 0.212. The number of aryl methyl sites for hydroxylation is 1. The Labute approximate surface area is 162 Å². The molecule has 1 aliphatic heterocycles. The van der Waals surface area contributed by atoms with Gasteiger partial charge in [0.05, 0.1) is 5.56 Å². The summed E-state index contributed by atoms with van der Waals surface area (Å²) in [6, 6.07) is 10.1. The maximum Gasteiger partial charge on any atom is 0.417 e. The molecule has 2 aromatic rings. The third kappa shape index (κ3) is 5.59. The Morgan fingerprint density at radius 2 is 1.75 bits per heavy atom. The first-order valence-corrected chi connectivity index (χ1v) is 9.19. The van der Waals surface area contributed by atoms with Gasteiger partial charge in [-0.3, -0.25) is 4.90 Å². The predicted octanol–water partition coefficient (Wildman–Crippen LogP) is 2.97. The lowest BCUT2D eigenvalue weighted by molar-refractivity contribution is -0.137. The molecule has 152 valence electrons. The number of β-amino-alcohol motifs (C(OH)–C–C–N with tert-alkyl or cyclic N) is 1. The summed E-state index contributed by atoms with van der Waals surface area (Å²) in [5.74, 6) is 1.26. The lowest BCUT2D eigenvalue weighted by Crippen LogP contribution is -2.49. The number of rotatable bonds is 6. The molecule has 8 heteroatoms. The number of anilines is 1. The third-order valence-corrected chi connectivity index (χ3v) is 4.70. The topological polar surface area (TPSA) is 48.8 Å².